The Balaban J connectivity index is 1.80. The second-order valence-corrected chi connectivity index (χ2v) is 8.20. The van der Waals surface area contributed by atoms with Crippen LogP contribution >= 0.6 is 44.2 Å². The molecule has 3 rings (SSSR count). The first-order chi connectivity index (χ1) is 14.5. The van der Waals surface area contributed by atoms with Crippen LogP contribution in [0.15, 0.2) is 58.0 Å². The van der Waals surface area contributed by atoms with Crippen molar-refractivity contribution in [2.75, 3.05) is 19.1 Å². The Kier molecular flexibility index (Phi) is 8.08. The van der Waals surface area contributed by atoms with E-state index in [1.165, 1.54) is 5.06 Å². The van der Waals surface area contributed by atoms with E-state index in [9.17, 15) is 0 Å². The highest BCUT2D eigenvalue weighted by atomic mass is 79.9. The van der Waals surface area contributed by atoms with Crippen LogP contribution in [0.5, 0.6) is 5.75 Å². The molecule has 0 saturated carbocycles. The maximum absolute atomic E-state index is 9.05. The molecule has 0 fully saturated rings. The van der Waals surface area contributed by atoms with Crippen LogP contribution in [-0.4, -0.2) is 34.0 Å². The average Bonchev–Trinajstić information content (AvgIpc) is 3.25. The minimum absolute atomic E-state index is 0.509. The Morgan fingerprint density at radius 3 is 2.30 bits per heavy atom. The molecule has 0 aliphatic heterocycles. The lowest BCUT2D eigenvalue weighted by Gasteiger charge is -2.25. The van der Waals surface area contributed by atoms with Crippen LogP contribution in [-0.2, 0) is 15.9 Å². The predicted octanol–water partition coefficient (Wildman–Crippen LogP) is 4.51. The highest BCUT2D eigenvalue weighted by Crippen LogP contribution is 2.37. The zero-order valence-electron chi connectivity index (χ0n) is 15.9. The molecule has 30 heavy (non-hydrogen) atoms. The molecule has 0 N–H and O–H groups in total. The zero-order chi connectivity index (χ0) is 21.5. The van der Waals surface area contributed by atoms with Gasteiger partial charge in [0.05, 0.1) is 32.8 Å². The Morgan fingerprint density at radius 1 is 1.10 bits per heavy atom. The summed E-state index contributed by atoms with van der Waals surface area (Å²) < 4.78 is 13.6. The molecule has 0 spiro atoms. The first-order valence-corrected chi connectivity index (χ1v) is 10.7. The molecule has 156 valence electrons. The summed E-state index contributed by atoms with van der Waals surface area (Å²) in [5.41, 5.74) is 2.45. The van der Waals surface area contributed by atoms with Crippen molar-refractivity contribution >= 4 is 49.9 Å². The quantitative estimate of drug-likeness (QED) is 0.164. The number of rotatable bonds is 9. The molecule has 1 heterocycles. The topological polar surface area (TPSA) is 88.7 Å². The molecule has 0 radical (unpaired) electrons. The van der Waals surface area contributed by atoms with Crippen LogP contribution in [0.4, 0.5) is 5.69 Å². The van der Waals surface area contributed by atoms with Gasteiger partial charge in [-0.15, -0.1) is 19.5 Å². The van der Waals surface area contributed by atoms with Crippen LogP contribution in [0.1, 0.15) is 11.1 Å². The monoisotopic (exact) mass is 554 g/mol. The highest BCUT2D eigenvalue weighted by molar-refractivity contribution is 9.11. The number of hydroxylamine groups is 2. The molecule has 0 unspecified atom stereocenters. The van der Waals surface area contributed by atoms with Gasteiger partial charge >= 0.3 is 0 Å². The zero-order valence-corrected chi connectivity index (χ0v) is 19.9. The fourth-order valence-electron chi connectivity index (χ4n) is 2.41. The van der Waals surface area contributed by atoms with Gasteiger partial charge in [0.1, 0.15) is 12.7 Å². The van der Waals surface area contributed by atoms with Gasteiger partial charge in [-0.3, -0.25) is 5.01 Å². The van der Waals surface area contributed by atoms with Crippen LogP contribution < -0.4 is 9.19 Å². The molecular weight excluding hydrogens is 540 g/mol. The molecule has 0 saturated heterocycles. The van der Waals surface area contributed by atoms with Gasteiger partial charge in [-0.25, -0.2) is 4.68 Å². The number of halogens is 2. The largest absolute Gasteiger partial charge is 0.396 e. The van der Waals surface area contributed by atoms with Crippen molar-refractivity contribution in [3.05, 3.63) is 69.1 Å². The second-order valence-electron chi connectivity index (χ2n) is 6.05. The molecule has 9 nitrogen and oxygen atoms in total. The lowest BCUT2D eigenvalue weighted by atomic mass is 10.2. The minimum atomic E-state index is 0.509. The van der Waals surface area contributed by atoms with Gasteiger partial charge in [-0.05, 0) is 73.8 Å². The molecule has 0 aliphatic carbocycles. The summed E-state index contributed by atoms with van der Waals surface area (Å²) >= 11 is 7.76. The number of hydrogen-bond donors (Lipinski definition) is 0. The average molecular weight is 556 g/mol. The summed E-state index contributed by atoms with van der Waals surface area (Å²) in [5, 5.41) is 20.2. The van der Waals surface area contributed by atoms with E-state index in [4.69, 9.17) is 18.8 Å². The molecule has 0 aliphatic rings. The summed E-state index contributed by atoms with van der Waals surface area (Å²) in [6.07, 6.45) is 3.22. The van der Waals surface area contributed by atoms with E-state index in [0.717, 1.165) is 20.2 Å². The molecule has 0 amide bonds. The summed E-state index contributed by atoms with van der Waals surface area (Å²) in [6.45, 7) is 0.509. The molecule has 0 bridgehead atoms. The van der Waals surface area contributed by atoms with E-state index in [2.05, 4.69) is 48.1 Å². The standard InChI is InChI=1S/C18H16Br2N6O3S/c1-24(2)28-29-30-27-18-16(19)7-14(8-17(18)20)10-26(25-11-22-23-12-25)15-5-3-13(9-21)4-6-15/h3-8,11-12H,10H2,1-2H3. The first kappa shape index (κ1) is 22.5. The molecule has 1 aromatic heterocycles. The van der Waals surface area contributed by atoms with Crippen molar-refractivity contribution in [3.8, 4) is 11.8 Å². The lowest BCUT2D eigenvalue weighted by Crippen LogP contribution is -2.27. The van der Waals surface area contributed by atoms with Gasteiger partial charge in [-0.2, -0.15) is 10.3 Å². The van der Waals surface area contributed by atoms with Gasteiger partial charge in [0, 0.05) is 14.1 Å². The van der Waals surface area contributed by atoms with Crippen molar-refractivity contribution in [1.82, 2.24) is 19.9 Å². The van der Waals surface area contributed by atoms with Crippen molar-refractivity contribution in [3.63, 3.8) is 0 Å². The van der Waals surface area contributed by atoms with Gasteiger partial charge in [0.15, 0.2) is 5.75 Å². The molecule has 0 atom stereocenters. The Bertz CT molecular complexity index is 989. The SMILES string of the molecule is CN(C)OOSOc1c(Br)cc(CN(c2ccc(C#N)cc2)n2cnnc2)cc1Br. The smallest absolute Gasteiger partial charge is 0.260 e. The van der Waals surface area contributed by atoms with E-state index < -0.39 is 0 Å². The van der Waals surface area contributed by atoms with Gasteiger partial charge in [-0.1, -0.05) is 0 Å². The summed E-state index contributed by atoms with van der Waals surface area (Å²) in [7, 11) is 3.38. The molecule has 3 aromatic rings. The van der Waals surface area contributed by atoms with Gasteiger partial charge in [0.25, 0.3) is 12.3 Å². The maximum Gasteiger partial charge on any atom is 0.260 e. The third-order valence-corrected chi connectivity index (χ3v) is 5.22. The predicted molar refractivity (Wildman–Crippen MR) is 119 cm³/mol. The molecular formula is C18H16Br2N6O3S. The summed E-state index contributed by atoms with van der Waals surface area (Å²) in [6, 6.07) is 13.3. The number of nitriles is 1. The highest BCUT2D eigenvalue weighted by Gasteiger charge is 2.15. The van der Waals surface area contributed by atoms with E-state index in [0.29, 0.717) is 30.2 Å². The molecule has 2 aromatic carbocycles. The second kappa shape index (κ2) is 10.8. The van der Waals surface area contributed by atoms with Crippen molar-refractivity contribution in [1.29, 1.82) is 5.26 Å². The maximum atomic E-state index is 9.05. The Hall–Kier alpha value is -2.14. The fraction of sp³-hybridized carbons (Fsp3) is 0.167. The van der Waals surface area contributed by atoms with Crippen LogP contribution in [0, 0.1) is 11.3 Å². The number of benzene rings is 2. The number of nitrogens with zero attached hydrogens (tertiary/aromatic N) is 6. The number of hydrogen-bond acceptors (Lipinski definition) is 9. The summed E-state index contributed by atoms with van der Waals surface area (Å²) in [5.74, 6) is 0.556. The first-order valence-electron chi connectivity index (χ1n) is 8.43. The van der Waals surface area contributed by atoms with Gasteiger partial charge < -0.3 is 4.18 Å². The van der Waals surface area contributed by atoms with Crippen LogP contribution in [0.3, 0.4) is 0 Å². The lowest BCUT2D eigenvalue weighted by molar-refractivity contribution is -0.342. The Labute approximate surface area is 194 Å². The Morgan fingerprint density at radius 2 is 1.73 bits per heavy atom. The van der Waals surface area contributed by atoms with Crippen LogP contribution in [0.2, 0.25) is 0 Å². The number of anilines is 1. The minimum Gasteiger partial charge on any atom is -0.396 e. The van der Waals surface area contributed by atoms with Gasteiger partial charge in [0.2, 0.25) is 0 Å². The summed E-state index contributed by atoms with van der Waals surface area (Å²) in [4.78, 5) is 4.83. The van der Waals surface area contributed by atoms with E-state index in [1.54, 1.807) is 43.6 Å². The van der Waals surface area contributed by atoms with Crippen molar-refractivity contribution in [2.45, 2.75) is 6.54 Å². The van der Waals surface area contributed by atoms with Crippen molar-refractivity contribution in [2.24, 2.45) is 0 Å². The third kappa shape index (κ3) is 5.94. The number of aromatic nitrogens is 3. The van der Waals surface area contributed by atoms with E-state index in [1.807, 2.05) is 29.3 Å². The fourth-order valence-corrected chi connectivity index (χ4v) is 4.49. The normalized spacial score (nSPS) is 10.8. The van der Waals surface area contributed by atoms with Crippen molar-refractivity contribution < 1.29 is 13.5 Å². The third-order valence-electron chi connectivity index (χ3n) is 3.69. The molecule has 12 heteroatoms. The van der Waals surface area contributed by atoms with Crippen LogP contribution in [0.25, 0.3) is 0 Å². The van der Waals surface area contributed by atoms with E-state index in [-0.39, 0.29) is 0 Å². The van der Waals surface area contributed by atoms with E-state index >= 15 is 0 Å².